The van der Waals surface area contributed by atoms with Crippen molar-refractivity contribution in [3.8, 4) is 16.9 Å². The van der Waals surface area contributed by atoms with Crippen molar-refractivity contribution in [3.63, 3.8) is 0 Å². The number of pyridine rings is 1. The summed E-state index contributed by atoms with van der Waals surface area (Å²) in [7, 11) is 1.60. The minimum absolute atomic E-state index is 0.299. The minimum atomic E-state index is -0.723. The summed E-state index contributed by atoms with van der Waals surface area (Å²) in [5.74, 6) is -0.644. The summed E-state index contributed by atoms with van der Waals surface area (Å²) in [5.41, 5.74) is 3.93. The molecule has 4 aromatic rings. The molecular formula is C24H19ClN2O3. The third kappa shape index (κ3) is 3.67. The maximum absolute atomic E-state index is 13.2. The van der Waals surface area contributed by atoms with Crippen molar-refractivity contribution in [2.45, 2.75) is 6.92 Å². The van der Waals surface area contributed by atoms with Gasteiger partial charge in [0.15, 0.2) is 0 Å². The van der Waals surface area contributed by atoms with Gasteiger partial charge < -0.3 is 14.5 Å². The molecule has 0 aliphatic heterocycles. The van der Waals surface area contributed by atoms with Gasteiger partial charge in [0.05, 0.1) is 7.11 Å². The molecule has 2 aromatic heterocycles. The first-order chi connectivity index (χ1) is 14.5. The molecule has 0 aliphatic carbocycles. The number of ether oxygens (including phenoxy) is 1. The number of fused-ring (bicyclic) bond motifs is 1. The van der Waals surface area contributed by atoms with Crippen LogP contribution in [-0.4, -0.2) is 23.2 Å². The van der Waals surface area contributed by atoms with Crippen LogP contribution in [-0.2, 0) is 4.79 Å². The fraction of sp³-hybridized carbons (Fsp3) is 0.0833. The standard InChI is InChI=1S/C24H19ClN2O3/c1-15-6-9-17(25)13-21(15)26-24(29)23(28)22-20(14-18-5-3-4-12-27(18)22)16-7-10-19(30-2)11-8-16/h3-14H,1-2H3,(H,26,29). The van der Waals surface area contributed by atoms with E-state index in [1.165, 1.54) is 0 Å². The highest BCUT2D eigenvalue weighted by molar-refractivity contribution is 6.47. The summed E-state index contributed by atoms with van der Waals surface area (Å²) in [6.07, 6.45) is 1.77. The number of aryl methyl sites for hydroxylation is 1. The van der Waals surface area contributed by atoms with E-state index in [1.807, 2.05) is 55.5 Å². The molecule has 4 rings (SSSR count). The topological polar surface area (TPSA) is 59.8 Å². The number of amides is 1. The Morgan fingerprint density at radius 1 is 1.00 bits per heavy atom. The lowest BCUT2D eigenvalue weighted by Gasteiger charge is -2.10. The van der Waals surface area contributed by atoms with Crippen LogP contribution in [0.25, 0.3) is 16.6 Å². The highest BCUT2D eigenvalue weighted by Crippen LogP contribution is 2.30. The summed E-state index contributed by atoms with van der Waals surface area (Å²) in [4.78, 5) is 26.1. The van der Waals surface area contributed by atoms with E-state index in [4.69, 9.17) is 16.3 Å². The molecule has 0 saturated carbocycles. The van der Waals surface area contributed by atoms with Crippen LogP contribution in [0.15, 0.2) is 72.9 Å². The van der Waals surface area contributed by atoms with Crippen molar-refractivity contribution < 1.29 is 14.3 Å². The molecule has 150 valence electrons. The molecule has 0 unspecified atom stereocenters. The molecule has 0 aliphatic rings. The number of anilines is 1. The lowest BCUT2D eigenvalue weighted by molar-refractivity contribution is -0.112. The van der Waals surface area contributed by atoms with Gasteiger partial charge in [-0.05, 0) is 60.5 Å². The van der Waals surface area contributed by atoms with Gasteiger partial charge in [-0.25, -0.2) is 0 Å². The summed E-state index contributed by atoms with van der Waals surface area (Å²) in [6.45, 7) is 1.84. The molecule has 0 radical (unpaired) electrons. The van der Waals surface area contributed by atoms with Crippen molar-refractivity contribution in [1.29, 1.82) is 0 Å². The van der Waals surface area contributed by atoms with E-state index in [1.54, 1.807) is 35.9 Å². The second kappa shape index (κ2) is 8.05. The van der Waals surface area contributed by atoms with Crippen molar-refractivity contribution >= 4 is 34.5 Å². The summed E-state index contributed by atoms with van der Waals surface area (Å²) in [6, 6.07) is 20.0. The van der Waals surface area contributed by atoms with Gasteiger partial charge in [-0.3, -0.25) is 9.59 Å². The van der Waals surface area contributed by atoms with Crippen molar-refractivity contribution in [2.75, 3.05) is 12.4 Å². The van der Waals surface area contributed by atoms with E-state index < -0.39 is 11.7 Å². The number of rotatable bonds is 5. The number of nitrogens with zero attached hydrogens (tertiary/aromatic N) is 1. The van der Waals surface area contributed by atoms with E-state index in [0.717, 1.165) is 16.6 Å². The first-order valence-electron chi connectivity index (χ1n) is 9.34. The monoisotopic (exact) mass is 418 g/mol. The van der Waals surface area contributed by atoms with Gasteiger partial charge in [-0.2, -0.15) is 0 Å². The van der Waals surface area contributed by atoms with Gasteiger partial charge in [0, 0.05) is 28.0 Å². The number of aromatic nitrogens is 1. The molecule has 30 heavy (non-hydrogen) atoms. The normalized spacial score (nSPS) is 10.8. The van der Waals surface area contributed by atoms with Gasteiger partial charge in [-0.15, -0.1) is 0 Å². The van der Waals surface area contributed by atoms with Crippen LogP contribution < -0.4 is 10.1 Å². The lowest BCUT2D eigenvalue weighted by atomic mass is 10.0. The first kappa shape index (κ1) is 19.7. The summed E-state index contributed by atoms with van der Waals surface area (Å²) >= 11 is 6.04. The molecule has 0 saturated heterocycles. The SMILES string of the molecule is COc1ccc(-c2cc3ccccn3c2C(=O)C(=O)Nc2cc(Cl)ccc2C)cc1. The van der Waals surface area contributed by atoms with Gasteiger partial charge in [0.1, 0.15) is 11.4 Å². The Kier molecular flexibility index (Phi) is 5.29. The number of ketones is 1. The minimum Gasteiger partial charge on any atom is -0.497 e. The predicted molar refractivity (Wildman–Crippen MR) is 119 cm³/mol. The second-order valence-electron chi connectivity index (χ2n) is 6.87. The first-order valence-corrected chi connectivity index (χ1v) is 9.72. The Hall–Kier alpha value is -3.57. The maximum atomic E-state index is 13.2. The highest BCUT2D eigenvalue weighted by atomic mass is 35.5. The van der Waals surface area contributed by atoms with Gasteiger partial charge in [-0.1, -0.05) is 35.9 Å². The van der Waals surface area contributed by atoms with Crippen LogP contribution in [0.5, 0.6) is 5.75 Å². The molecule has 6 heteroatoms. The number of nitrogens with one attached hydrogen (secondary N) is 1. The number of carbonyl (C=O) groups is 2. The third-order valence-corrected chi connectivity index (χ3v) is 5.18. The fourth-order valence-corrected chi connectivity index (χ4v) is 3.53. The molecule has 0 bridgehead atoms. The molecule has 0 atom stereocenters. The molecule has 1 N–H and O–H groups in total. The van der Waals surface area contributed by atoms with E-state index in [9.17, 15) is 9.59 Å². The van der Waals surface area contributed by atoms with Crippen molar-refractivity contribution in [2.24, 2.45) is 0 Å². The number of hydrogen-bond donors (Lipinski definition) is 1. The second-order valence-corrected chi connectivity index (χ2v) is 7.31. The molecule has 2 heterocycles. The number of halogens is 1. The van der Waals surface area contributed by atoms with E-state index in [2.05, 4.69) is 5.32 Å². The maximum Gasteiger partial charge on any atom is 0.298 e. The number of hydrogen-bond acceptors (Lipinski definition) is 3. The molecule has 0 fully saturated rings. The van der Waals surface area contributed by atoms with E-state index >= 15 is 0 Å². The Balaban J connectivity index is 1.77. The van der Waals surface area contributed by atoms with Crippen LogP contribution in [0.1, 0.15) is 16.1 Å². The number of benzene rings is 2. The zero-order chi connectivity index (χ0) is 21.3. The average molecular weight is 419 g/mol. The van der Waals surface area contributed by atoms with Gasteiger partial charge >= 0.3 is 0 Å². The molecule has 1 amide bonds. The van der Waals surface area contributed by atoms with Crippen LogP contribution in [0.4, 0.5) is 5.69 Å². The highest BCUT2D eigenvalue weighted by Gasteiger charge is 2.25. The van der Waals surface area contributed by atoms with Crippen molar-refractivity contribution in [1.82, 2.24) is 4.40 Å². The molecule has 2 aromatic carbocycles. The number of carbonyl (C=O) groups excluding carboxylic acids is 2. The lowest BCUT2D eigenvalue weighted by Crippen LogP contribution is -2.25. The number of methoxy groups -OCH3 is 1. The summed E-state index contributed by atoms with van der Waals surface area (Å²) in [5, 5.41) is 3.18. The van der Waals surface area contributed by atoms with E-state index in [0.29, 0.717) is 27.7 Å². The van der Waals surface area contributed by atoms with E-state index in [-0.39, 0.29) is 0 Å². The third-order valence-electron chi connectivity index (χ3n) is 4.95. The Morgan fingerprint density at radius 3 is 2.50 bits per heavy atom. The number of Topliss-reactive ketones (excluding diaryl/α,β-unsaturated/α-hetero) is 1. The molecule has 5 nitrogen and oxygen atoms in total. The van der Waals surface area contributed by atoms with Crippen LogP contribution in [0.3, 0.4) is 0 Å². The van der Waals surface area contributed by atoms with Crippen LogP contribution in [0, 0.1) is 6.92 Å². The summed E-state index contributed by atoms with van der Waals surface area (Å²) < 4.78 is 6.95. The Bertz CT molecular complexity index is 1260. The van der Waals surface area contributed by atoms with Gasteiger partial charge in [0.25, 0.3) is 11.7 Å². The smallest absolute Gasteiger partial charge is 0.298 e. The predicted octanol–water partition coefficient (Wildman–Crippen LogP) is 5.40. The van der Waals surface area contributed by atoms with Crippen LogP contribution in [0.2, 0.25) is 5.02 Å². The molecule has 0 spiro atoms. The average Bonchev–Trinajstić information content (AvgIpc) is 3.15. The zero-order valence-electron chi connectivity index (χ0n) is 16.5. The fourth-order valence-electron chi connectivity index (χ4n) is 3.36. The largest absolute Gasteiger partial charge is 0.497 e. The van der Waals surface area contributed by atoms with Gasteiger partial charge in [0.2, 0.25) is 0 Å². The Morgan fingerprint density at radius 2 is 1.77 bits per heavy atom. The van der Waals surface area contributed by atoms with Crippen molar-refractivity contribution in [3.05, 3.63) is 89.2 Å². The molecular weight excluding hydrogens is 400 g/mol. The van der Waals surface area contributed by atoms with Crippen LogP contribution >= 0.6 is 11.6 Å². The Labute approximate surface area is 178 Å². The quantitative estimate of drug-likeness (QED) is 0.349. The zero-order valence-corrected chi connectivity index (χ0v) is 17.2.